The molecule has 0 bridgehead atoms. The Labute approximate surface area is 84.9 Å². The molecule has 0 saturated heterocycles. The van der Waals surface area contributed by atoms with Crippen LogP contribution in [-0.4, -0.2) is 15.6 Å². The van der Waals surface area contributed by atoms with Crippen LogP contribution in [0.15, 0.2) is 12.7 Å². The van der Waals surface area contributed by atoms with Gasteiger partial charge in [0.05, 0.1) is 0 Å². The summed E-state index contributed by atoms with van der Waals surface area (Å²) in [7, 11) is -0.771. The Bertz CT molecular complexity index is 111. The smallest absolute Gasteiger partial charge is 0.176 e. The van der Waals surface area contributed by atoms with Crippen LogP contribution in [0.2, 0.25) is 12.1 Å². The van der Waals surface area contributed by atoms with E-state index in [1.54, 1.807) is 0 Å². The van der Waals surface area contributed by atoms with Gasteiger partial charge in [0.25, 0.3) is 0 Å². The van der Waals surface area contributed by atoms with Crippen LogP contribution in [0.5, 0.6) is 0 Å². The minimum atomic E-state index is -0.771. The first-order valence-electron chi connectivity index (χ1n) is 5.57. The molecule has 0 fully saturated rings. The maximum absolute atomic E-state index is 5.83. The zero-order valence-electron chi connectivity index (χ0n) is 9.22. The SMILES string of the molecule is C=CCCCCCO[SiH](CC)CC. The normalized spacial score (nSPS) is 10.7. The summed E-state index contributed by atoms with van der Waals surface area (Å²) in [6, 6.07) is 2.56. The molecule has 0 radical (unpaired) electrons. The summed E-state index contributed by atoms with van der Waals surface area (Å²) < 4.78 is 5.83. The van der Waals surface area contributed by atoms with Crippen molar-refractivity contribution >= 4 is 9.04 Å². The van der Waals surface area contributed by atoms with Crippen LogP contribution < -0.4 is 0 Å². The van der Waals surface area contributed by atoms with Gasteiger partial charge in [-0.15, -0.1) is 6.58 Å². The summed E-state index contributed by atoms with van der Waals surface area (Å²) in [6.07, 6.45) is 6.95. The van der Waals surface area contributed by atoms with E-state index in [1.165, 1.54) is 31.4 Å². The van der Waals surface area contributed by atoms with E-state index in [0.29, 0.717) is 0 Å². The monoisotopic (exact) mass is 200 g/mol. The Kier molecular flexibility index (Phi) is 9.94. The van der Waals surface area contributed by atoms with Crippen molar-refractivity contribution in [3.8, 4) is 0 Å². The number of rotatable bonds is 9. The molecule has 0 aliphatic heterocycles. The molecule has 0 N–H and O–H groups in total. The summed E-state index contributed by atoms with van der Waals surface area (Å²) in [4.78, 5) is 0. The molecule has 0 aromatic carbocycles. The summed E-state index contributed by atoms with van der Waals surface area (Å²) in [5, 5.41) is 0. The second-order valence-electron chi connectivity index (χ2n) is 3.45. The van der Waals surface area contributed by atoms with Gasteiger partial charge >= 0.3 is 0 Å². The Morgan fingerprint density at radius 3 is 2.38 bits per heavy atom. The van der Waals surface area contributed by atoms with Crippen LogP contribution in [-0.2, 0) is 4.43 Å². The average Bonchev–Trinajstić information content (AvgIpc) is 2.17. The fraction of sp³-hybridized carbons (Fsp3) is 0.818. The first kappa shape index (κ1) is 12.9. The molecule has 0 heterocycles. The molecule has 2 heteroatoms. The van der Waals surface area contributed by atoms with Crippen LogP contribution in [0.1, 0.15) is 39.5 Å². The van der Waals surface area contributed by atoms with Crippen molar-refractivity contribution in [1.82, 2.24) is 0 Å². The molecule has 0 rings (SSSR count). The molecule has 0 aromatic rings. The molecule has 0 amide bonds. The predicted octanol–water partition coefficient (Wildman–Crippen LogP) is 3.51. The lowest BCUT2D eigenvalue weighted by Crippen LogP contribution is -2.15. The zero-order chi connectivity index (χ0) is 9.94. The lowest BCUT2D eigenvalue weighted by molar-refractivity contribution is 0.307. The van der Waals surface area contributed by atoms with Crippen LogP contribution in [0.3, 0.4) is 0 Å². The highest BCUT2D eigenvalue weighted by Gasteiger charge is 2.04. The van der Waals surface area contributed by atoms with Gasteiger partial charge in [0.2, 0.25) is 0 Å². The average molecular weight is 200 g/mol. The minimum absolute atomic E-state index is 0.771. The second kappa shape index (κ2) is 10.0. The van der Waals surface area contributed by atoms with Gasteiger partial charge < -0.3 is 4.43 Å². The fourth-order valence-electron chi connectivity index (χ4n) is 1.34. The number of unbranched alkanes of at least 4 members (excludes halogenated alkanes) is 3. The highest BCUT2D eigenvalue weighted by Crippen LogP contribution is 2.04. The van der Waals surface area contributed by atoms with Crippen molar-refractivity contribution in [3.63, 3.8) is 0 Å². The van der Waals surface area contributed by atoms with E-state index >= 15 is 0 Å². The van der Waals surface area contributed by atoms with Gasteiger partial charge in [-0.1, -0.05) is 26.3 Å². The molecule has 0 spiro atoms. The molecular formula is C11H24OSi. The summed E-state index contributed by atoms with van der Waals surface area (Å²) >= 11 is 0. The number of allylic oxidation sites excluding steroid dienone is 1. The topological polar surface area (TPSA) is 9.23 Å². The standard InChI is InChI=1S/C11H24OSi/c1-4-7-8-9-10-11-12-13(5-2)6-3/h4,13H,1,5-11H2,2-3H3. The van der Waals surface area contributed by atoms with Gasteiger partial charge in [-0.25, -0.2) is 0 Å². The van der Waals surface area contributed by atoms with E-state index in [4.69, 9.17) is 4.43 Å². The molecule has 1 nitrogen and oxygen atoms in total. The van der Waals surface area contributed by atoms with Crippen molar-refractivity contribution in [2.45, 2.75) is 51.6 Å². The summed E-state index contributed by atoms with van der Waals surface area (Å²) in [6.45, 7) is 9.20. The zero-order valence-corrected chi connectivity index (χ0v) is 10.4. The highest BCUT2D eigenvalue weighted by molar-refractivity contribution is 6.51. The first-order chi connectivity index (χ1) is 6.35. The van der Waals surface area contributed by atoms with Crippen molar-refractivity contribution in [2.75, 3.05) is 6.61 Å². The van der Waals surface area contributed by atoms with Gasteiger partial charge in [-0.3, -0.25) is 0 Å². The number of hydrogen-bond acceptors (Lipinski definition) is 1. The molecule has 0 unspecified atom stereocenters. The predicted molar refractivity (Wildman–Crippen MR) is 62.7 cm³/mol. The molecule has 13 heavy (non-hydrogen) atoms. The van der Waals surface area contributed by atoms with Gasteiger partial charge in [-0.05, 0) is 31.4 Å². The van der Waals surface area contributed by atoms with E-state index < -0.39 is 9.04 Å². The van der Waals surface area contributed by atoms with Gasteiger partial charge in [0, 0.05) is 6.61 Å². The Balaban J connectivity index is 3.09. The van der Waals surface area contributed by atoms with Crippen molar-refractivity contribution in [2.24, 2.45) is 0 Å². The van der Waals surface area contributed by atoms with E-state index in [1.807, 2.05) is 6.08 Å². The van der Waals surface area contributed by atoms with Crippen LogP contribution in [0.4, 0.5) is 0 Å². The quantitative estimate of drug-likeness (QED) is 0.314. The van der Waals surface area contributed by atoms with Crippen LogP contribution in [0, 0.1) is 0 Å². The molecule has 78 valence electrons. The third-order valence-electron chi connectivity index (χ3n) is 2.32. The molecule has 0 aromatic heterocycles. The number of hydrogen-bond donors (Lipinski definition) is 0. The summed E-state index contributed by atoms with van der Waals surface area (Å²) in [5.41, 5.74) is 0. The van der Waals surface area contributed by atoms with E-state index in [9.17, 15) is 0 Å². The van der Waals surface area contributed by atoms with Crippen LogP contribution in [0.25, 0.3) is 0 Å². The summed E-state index contributed by atoms with van der Waals surface area (Å²) in [5.74, 6) is 0. The fourth-order valence-corrected chi connectivity index (χ4v) is 2.89. The Hall–Kier alpha value is -0.0831. The van der Waals surface area contributed by atoms with Crippen LogP contribution >= 0.6 is 0 Å². The second-order valence-corrected chi connectivity index (χ2v) is 6.66. The third kappa shape index (κ3) is 8.25. The van der Waals surface area contributed by atoms with E-state index in [0.717, 1.165) is 13.0 Å². The molecular weight excluding hydrogens is 176 g/mol. The molecule has 0 aliphatic rings. The molecule has 0 saturated carbocycles. The maximum Gasteiger partial charge on any atom is 0.176 e. The van der Waals surface area contributed by atoms with Crippen molar-refractivity contribution in [1.29, 1.82) is 0 Å². The third-order valence-corrected chi connectivity index (χ3v) is 4.85. The Morgan fingerprint density at radius 1 is 1.15 bits per heavy atom. The van der Waals surface area contributed by atoms with Crippen molar-refractivity contribution in [3.05, 3.63) is 12.7 Å². The molecule has 0 atom stereocenters. The lowest BCUT2D eigenvalue weighted by atomic mass is 10.2. The van der Waals surface area contributed by atoms with Crippen molar-refractivity contribution < 1.29 is 4.43 Å². The Morgan fingerprint density at radius 2 is 1.85 bits per heavy atom. The largest absolute Gasteiger partial charge is 0.420 e. The van der Waals surface area contributed by atoms with E-state index in [-0.39, 0.29) is 0 Å². The minimum Gasteiger partial charge on any atom is -0.420 e. The highest BCUT2D eigenvalue weighted by atomic mass is 28.3. The van der Waals surface area contributed by atoms with E-state index in [2.05, 4.69) is 20.4 Å². The van der Waals surface area contributed by atoms with Gasteiger partial charge in [0.15, 0.2) is 9.04 Å². The van der Waals surface area contributed by atoms with Gasteiger partial charge in [-0.2, -0.15) is 0 Å². The molecule has 0 aliphatic carbocycles. The first-order valence-corrected chi connectivity index (χ1v) is 7.68. The van der Waals surface area contributed by atoms with Gasteiger partial charge in [0.1, 0.15) is 0 Å². The maximum atomic E-state index is 5.83. The lowest BCUT2D eigenvalue weighted by Gasteiger charge is -2.11.